The quantitative estimate of drug-likeness (QED) is 0.585. The zero-order valence-corrected chi connectivity index (χ0v) is 12.7. The lowest BCUT2D eigenvalue weighted by molar-refractivity contribution is 0.0225. The molecule has 0 fully saturated rings. The minimum Gasteiger partial charge on any atom is -0.374 e. The summed E-state index contributed by atoms with van der Waals surface area (Å²) in [6, 6.07) is 0.908. The van der Waals surface area contributed by atoms with Crippen LogP contribution in [0.5, 0.6) is 0 Å². The van der Waals surface area contributed by atoms with Gasteiger partial charge in [0.1, 0.15) is 0 Å². The lowest BCUT2D eigenvalue weighted by Crippen LogP contribution is -2.48. The molecule has 16 heavy (non-hydrogen) atoms. The topological polar surface area (TPSA) is 27.7 Å². The summed E-state index contributed by atoms with van der Waals surface area (Å²) in [6.45, 7) is 13.9. The van der Waals surface area contributed by atoms with Gasteiger partial charge >= 0.3 is 8.80 Å². The van der Waals surface area contributed by atoms with E-state index in [1.54, 1.807) is 0 Å². The largest absolute Gasteiger partial charge is 0.501 e. The van der Waals surface area contributed by atoms with Gasteiger partial charge in [-0.3, -0.25) is 0 Å². The molecule has 3 nitrogen and oxygen atoms in total. The molecule has 0 N–H and O–H groups in total. The number of hydrogen-bond acceptors (Lipinski definition) is 3. The minimum atomic E-state index is -2.42. The van der Waals surface area contributed by atoms with Crippen LogP contribution in [0, 0.1) is 5.92 Å². The standard InChI is InChI=1S/C12H28O3Si/c1-7-10-16(13-8-2,14-9-3)15-12(6)11(4)5/h11-12H,7-10H2,1-6H3. The first-order chi connectivity index (χ1) is 7.51. The van der Waals surface area contributed by atoms with Crippen molar-refractivity contribution in [3.05, 3.63) is 0 Å². The second-order valence-corrected chi connectivity index (χ2v) is 7.05. The van der Waals surface area contributed by atoms with E-state index in [1.807, 2.05) is 13.8 Å². The van der Waals surface area contributed by atoms with Gasteiger partial charge in [-0.15, -0.1) is 0 Å². The Bertz CT molecular complexity index is 157. The van der Waals surface area contributed by atoms with Crippen LogP contribution >= 0.6 is 0 Å². The first kappa shape index (κ1) is 16.1. The molecule has 0 spiro atoms. The second-order valence-electron chi connectivity index (χ2n) is 4.37. The molecule has 0 saturated heterocycles. The molecule has 1 atom stereocenters. The van der Waals surface area contributed by atoms with E-state index in [0.717, 1.165) is 12.5 Å². The highest BCUT2D eigenvalue weighted by Crippen LogP contribution is 2.22. The van der Waals surface area contributed by atoms with Crippen molar-refractivity contribution >= 4 is 8.80 Å². The highest BCUT2D eigenvalue weighted by Gasteiger charge is 2.41. The lowest BCUT2D eigenvalue weighted by atomic mass is 10.1. The van der Waals surface area contributed by atoms with Crippen LogP contribution in [0.2, 0.25) is 6.04 Å². The van der Waals surface area contributed by atoms with Crippen molar-refractivity contribution in [2.24, 2.45) is 5.92 Å². The van der Waals surface area contributed by atoms with Crippen molar-refractivity contribution in [2.75, 3.05) is 13.2 Å². The molecule has 1 unspecified atom stereocenters. The van der Waals surface area contributed by atoms with E-state index in [-0.39, 0.29) is 6.10 Å². The molecule has 0 heterocycles. The molecule has 0 radical (unpaired) electrons. The normalized spacial score (nSPS) is 14.4. The smallest absolute Gasteiger partial charge is 0.374 e. The zero-order chi connectivity index (χ0) is 12.6. The zero-order valence-electron chi connectivity index (χ0n) is 11.7. The highest BCUT2D eigenvalue weighted by molar-refractivity contribution is 6.60. The van der Waals surface area contributed by atoms with E-state index < -0.39 is 8.80 Å². The third-order valence-corrected chi connectivity index (χ3v) is 5.89. The van der Waals surface area contributed by atoms with Gasteiger partial charge in [-0.1, -0.05) is 27.2 Å². The van der Waals surface area contributed by atoms with Crippen molar-refractivity contribution in [3.8, 4) is 0 Å². The third-order valence-electron chi connectivity index (χ3n) is 2.59. The van der Waals surface area contributed by atoms with Gasteiger partial charge in [0.05, 0.1) is 0 Å². The average Bonchev–Trinajstić information content (AvgIpc) is 2.18. The summed E-state index contributed by atoms with van der Waals surface area (Å²) in [4.78, 5) is 0. The van der Waals surface area contributed by atoms with Crippen molar-refractivity contribution in [2.45, 2.75) is 60.1 Å². The van der Waals surface area contributed by atoms with Crippen LogP contribution in [-0.2, 0) is 13.3 Å². The maximum atomic E-state index is 6.12. The Labute approximate surface area is 102 Å². The molecule has 0 rings (SSSR count). The number of rotatable bonds is 9. The fraction of sp³-hybridized carbons (Fsp3) is 1.00. The molecular formula is C12H28O3Si. The molecule has 0 aromatic heterocycles. The summed E-state index contributed by atoms with van der Waals surface area (Å²) in [5.41, 5.74) is 0. The van der Waals surface area contributed by atoms with Crippen LogP contribution in [0.3, 0.4) is 0 Å². The summed E-state index contributed by atoms with van der Waals surface area (Å²) >= 11 is 0. The first-order valence-corrected chi connectivity index (χ1v) is 8.40. The molecule has 0 aliphatic rings. The van der Waals surface area contributed by atoms with E-state index in [9.17, 15) is 0 Å². The Hall–Kier alpha value is 0.0969. The number of hydrogen-bond donors (Lipinski definition) is 0. The molecule has 0 bridgehead atoms. The molecule has 0 aliphatic heterocycles. The summed E-state index contributed by atoms with van der Waals surface area (Å²) in [6.07, 6.45) is 1.23. The Morgan fingerprint density at radius 2 is 1.44 bits per heavy atom. The molecular weight excluding hydrogens is 220 g/mol. The fourth-order valence-electron chi connectivity index (χ4n) is 1.48. The van der Waals surface area contributed by atoms with E-state index in [4.69, 9.17) is 13.3 Å². The summed E-state index contributed by atoms with van der Waals surface area (Å²) in [7, 11) is -2.42. The SMILES string of the molecule is CCC[Si](OCC)(OCC)OC(C)C(C)C. The van der Waals surface area contributed by atoms with E-state index in [1.165, 1.54) is 0 Å². The van der Waals surface area contributed by atoms with Crippen molar-refractivity contribution in [3.63, 3.8) is 0 Å². The Morgan fingerprint density at radius 1 is 0.938 bits per heavy atom. The molecule has 0 amide bonds. The van der Waals surface area contributed by atoms with Crippen molar-refractivity contribution in [1.82, 2.24) is 0 Å². The predicted octanol–water partition coefficient (Wildman–Crippen LogP) is 3.47. The molecule has 4 heteroatoms. The maximum absolute atomic E-state index is 6.12. The van der Waals surface area contributed by atoms with E-state index in [0.29, 0.717) is 19.1 Å². The first-order valence-electron chi connectivity index (χ1n) is 6.47. The van der Waals surface area contributed by atoms with Gasteiger partial charge in [-0.05, 0) is 26.7 Å². The van der Waals surface area contributed by atoms with Gasteiger partial charge in [0.2, 0.25) is 0 Å². The van der Waals surface area contributed by atoms with Gasteiger partial charge in [-0.2, -0.15) is 0 Å². The Balaban J connectivity index is 4.57. The van der Waals surface area contributed by atoms with Gasteiger partial charge in [0, 0.05) is 25.4 Å². The van der Waals surface area contributed by atoms with Crippen LogP contribution in [0.15, 0.2) is 0 Å². The second kappa shape index (κ2) is 8.23. The van der Waals surface area contributed by atoms with Crippen LogP contribution < -0.4 is 0 Å². The molecule has 0 aliphatic carbocycles. The molecule has 0 saturated carbocycles. The summed E-state index contributed by atoms with van der Waals surface area (Å²) in [5, 5.41) is 0. The van der Waals surface area contributed by atoms with E-state index in [2.05, 4.69) is 27.7 Å². The summed E-state index contributed by atoms with van der Waals surface area (Å²) < 4.78 is 17.8. The Morgan fingerprint density at radius 3 is 1.75 bits per heavy atom. The monoisotopic (exact) mass is 248 g/mol. The van der Waals surface area contributed by atoms with Gasteiger partial charge < -0.3 is 13.3 Å². The molecule has 0 aromatic rings. The highest BCUT2D eigenvalue weighted by atomic mass is 28.4. The van der Waals surface area contributed by atoms with Gasteiger partial charge in [0.25, 0.3) is 0 Å². The van der Waals surface area contributed by atoms with Crippen LogP contribution in [0.25, 0.3) is 0 Å². The van der Waals surface area contributed by atoms with E-state index >= 15 is 0 Å². The molecule has 0 aromatic carbocycles. The van der Waals surface area contributed by atoms with Gasteiger partial charge in [0.15, 0.2) is 0 Å². The van der Waals surface area contributed by atoms with Gasteiger partial charge in [-0.25, -0.2) is 0 Å². The van der Waals surface area contributed by atoms with Crippen molar-refractivity contribution in [1.29, 1.82) is 0 Å². The minimum absolute atomic E-state index is 0.191. The fourth-order valence-corrected chi connectivity index (χ4v) is 4.43. The lowest BCUT2D eigenvalue weighted by Gasteiger charge is -2.32. The van der Waals surface area contributed by atoms with Crippen molar-refractivity contribution < 1.29 is 13.3 Å². The third kappa shape index (κ3) is 5.43. The summed E-state index contributed by atoms with van der Waals surface area (Å²) in [5.74, 6) is 0.490. The Kier molecular flexibility index (Phi) is 8.28. The maximum Gasteiger partial charge on any atom is 0.501 e. The molecule has 98 valence electrons. The van der Waals surface area contributed by atoms with Crippen LogP contribution in [0.4, 0.5) is 0 Å². The van der Waals surface area contributed by atoms with Crippen LogP contribution in [0.1, 0.15) is 48.0 Å². The van der Waals surface area contributed by atoms with Crippen LogP contribution in [-0.4, -0.2) is 28.1 Å². The average molecular weight is 248 g/mol. The predicted molar refractivity (Wildman–Crippen MR) is 69.5 cm³/mol.